The van der Waals surface area contributed by atoms with Crippen molar-refractivity contribution in [1.82, 2.24) is 9.97 Å². The Balaban J connectivity index is 2.39. The van der Waals surface area contributed by atoms with Crippen LogP contribution in [0.25, 0.3) is 0 Å². The Morgan fingerprint density at radius 2 is 2.17 bits per heavy atom. The van der Waals surface area contributed by atoms with E-state index in [0.29, 0.717) is 5.82 Å². The molecule has 2 aromatic rings. The number of nitrogens with one attached hydrogen (secondary N) is 1. The first kappa shape index (κ1) is 12.4. The van der Waals surface area contributed by atoms with Crippen LogP contribution in [-0.4, -0.2) is 21.0 Å². The molecule has 4 nitrogen and oxygen atoms in total. The molecule has 4 heteroatoms. The summed E-state index contributed by atoms with van der Waals surface area (Å²) in [6.45, 7) is 4.07. The van der Waals surface area contributed by atoms with E-state index in [0.717, 1.165) is 11.1 Å². The largest absolute Gasteiger partial charge is 0.481 e. The Morgan fingerprint density at radius 1 is 1.39 bits per heavy atom. The second-order valence-electron chi connectivity index (χ2n) is 4.47. The normalized spacial score (nSPS) is 12.3. The molecule has 1 unspecified atom stereocenters. The van der Waals surface area contributed by atoms with Gasteiger partial charge in [0.15, 0.2) is 0 Å². The average molecular weight is 244 g/mol. The molecule has 0 bridgehead atoms. The third-order valence-electron chi connectivity index (χ3n) is 3.16. The van der Waals surface area contributed by atoms with E-state index in [9.17, 15) is 4.79 Å². The SMILES string of the molecule is Cc1ccc(C(CC(=O)O)c2ncc[nH]2)cc1C. The molecular weight excluding hydrogens is 228 g/mol. The molecule has 2 rings (SSSR count). The lowest BCUT2D eigenvalue weighted by Crippen LogP contribution is -2.10. The van der Waals surface area contributed by atoms with E-state index in [4.69, 9.17) is 5.11 Å². The molecule has 0 aliphatic rings. The fourth-order valence-electron chi connectivity index (χ4n) is 2.00. The van der Waals surface area contributed by atoms with Gasteiger partial charge in [-0.15, -0.1) is 0 Å². The molecule has 1 aromatic heterocycles. The van der Waals surface area contributed by atoms with Crippen LogP contribution in [0, 0.1) is 13.8 Å². The Morgan fingerprint density at radius 3 is 2.72 bits per heavy atom. The molecule has 18 heavy (non-hydrogen) atoms. The minimum atomic E-state index is -0.824. The maximum Gasteiger partial charge on any atom is 0.304 e. The lowest BCUT2D eigenvalue weighted by Gasteiger charge is -2.14. The molecule has 94 valence electrons. The van der Waals surface area contributed by atoms with Crippen LogP contribution in [-0.2, 0) is 4.79 Å². The van der Waals surface area contributed by atoms with Gasteiger partial charge in [0, 0.05) is 12.4 Å². The number of rotatable bonds is 4. The molecule has 0 saturated carbocycles. The number of hydrogen-bond donors (Lipinski definition) is 2. The van der Waals surface area contributed by atoms with Gasteiger partial charge in [-0.05, 0) is 30.5 Å². The van der Waals surface area contributed by atoms with Gasteiger partial charge in [0.25, 0.3) is 0 Å². The predicted octanol–water partition coefficient (Wildman–Crippen LogP) is 2.63. The standard InChI is InChI=1S/C14H16N2O2/c1-9-3-4-11(7-10(9)2)12(8-13(17)18)14-15-5-6-16-14/h3-7,12H,8H2,1-2H3,(H,15,16)(H,17,18). The Labute approximate surface area is 106 Å². The molecule has 1 aromatic carbocycles. The molecule has 0 fully saturated rings. The number of aryl methyl sites for hydroxylation is 2. The predicted molar refractivity (Wildman–Crippen MR) is 68.6 cm³/mol. The summed E-state index contributed by atoms with van der Waals surface area (Å²) in [6.07, 6.45) is 3.40. The van der Waals surface area contributed by atoms with Gasteiger partial charge in [0.05, 0.1) is 12.3 Å². The maximum absolute atomic E-state index is 11.0. The van der Waals surface area contributed by atoms with Crippen molar-refractivity contribution in [2.75, 3.05) is 0 Å². The van der Waals surface area contributed by atoms with Gasteiger partial charge in [-0.1, -0.05) is 18.2 Å². The number of aromatic nitrogens is 2. The summed E-state index contributed by atoms with van der Waals surface area (Å²) in [5.41, 5.74) is 3.34. The van der Waals surface area contributed by atoms with Crippen LogP contribution >= 0.6 is 0 Å². The second-order valence-corrected chi connectivity index (χ2v) is 4.47. The van der Waals surface area contributed by atoms with Gasteiger partial charge in [0.2, 0.25) is 0 Å². The number of aromatic amines is 1. The number of carboxylic acid groups (broad SMARTS) is 1. The monoisotopic (exact) mass is 244 g/mol. The van der Waals surface area contributed by atoms with Gasteiger partial charge in [-0.25, -0.2) is 4.98 Å². The highest BCUT2D eigenvalue weighted by Crippen LogP contribution is 2.27. The van der Waals surface area contributed by atoms with Crippen LogP contribution in [0.2, 0.25) is 0 Å². The summed E-state index contributed by atoms with van der Waals surface area (Å²) in [5, 5.41) is 9.03. The van der Waals surface area contributed by atoms with E-state index in [1.54, 1.807) is 12.4 Å². The lowest BCUT2D eigenvalue weighted by molar-refractivity contribution is -0.137. The smallest absolute Gasteiger partial charge is 0.304 e. The quantitative estimate of drug-likeness (QED) is 0.868. The third-order valence-corrected chi connectivity index (χ3v) is 3.16. The third kappa shape index (κ3) is 2.59. The zero-order valence-electron chi connectivity index (χ0n) is 10.5. The van der Waals surface area contributed by atoms with Crippen molar-refractivity contribution in [2.24, 2.45) is 0 Å². The van der Waals surface area contributed by atoms with E-state index in [-0.39, 0.29) is 12.3 Å². The molecule has 0 amide bonds. The van der Waals surface area contributed by atoms with E-state index < -0.39 is 5.97 Å². The Kier molecular flexibility index (Phi) is 3.46. The number of carbonyl (C=O) groups is 1. The van der Waals surface area contributed by atoms with Gasteiger partial charge < -0.3 is 10.1 Å². The van der Waals surface area contributed by atoms with Crippen LogP contribution < -0.4 is 0 Å². The highest BCUT2D eigenvalue weighted by atomic mass is 16.4. The van der Waals surface area contributed by atoms with E-state index in [2.05, 4.69) is 9.97 Å². The molecule has 2 N–H and O–H groups in total. The van der Waals surface area contributed by atoms with Crippen molar-refractivity contribution in [1.29, 1.82) is 0 Å². The summed E-state index contributed by atoms with van der Waals surface area (Å²) in [5.74, 6) is -0.355. The van der Waals surface area contributed by atoms with Crippen LogP contribution in [0.15, 0.2) is 30.6 Å². The molecular formula is C14H16N2O2. The molecule has 0 aliphatic carbocycles. The number of carboxylic acids is 1. The highest BCUT2D eigenvalue weighted by molar-refractivity contribution is 5.68. The molecule has 0 aliphatic heterocycles. The van der Waals surface area contributed by atoms with E-state index in [1.807, 2.05) is 32.0 Å². The topological polar surface area (TPSA) is 66.0 Å². The van der Waals surface area contributed by atoms with Crippen molar-refractivity contribution in [3.8, 4) is 0 Å². The number of hydrogen-bond acceptors (Lipinski definition) is 2. The summed E-state index contributed by atoms with van der Waals surface area (Å²) >= 11 is 0. The minimum absolute atomic E-state index is 0.0377. The summed E-state index contributed by atoms with van der Waals surface area (Å²) in [7, 11) is 0. The number of aliphatic carboxylic acids is 1. The zero-order valence-corrected chi connectivity index (χ0v) is 10.5. The first-order chi connectivity index (χ1) is 8.58. The first-order valence-corrected chi connectivity index (χ1v) is 5.86. The van der Waals surface area contributed by atoms with Crippen LogP contribution in [0.4, 0.5) is 0 Å². The molecule has 1 heterocycles. The number of nitrogens with zero attached hydrogens (tertiary/aromatic N) is 1. The number of imidazole rings is 1. The van der Waals surface area contributed by atoms with E-state index in [1.165, 1.54) is 5.56 Å². The van der Waals surface area contributed by atoms with Crippen molar-refractivity contribution in [3.05, 3.63) is 53.1 Å². The summed E-state index contributed by atoms with van der Waals surface area (Å²) < 4.78 is 0. The molecule has 0 spiro atoms. The van der Waals surface area contributed by atoms with Gasteiger partial charge in [-0.2, -0.15) is 0 Å². The van der Waals surface area contributed by atoms with Crippen molar-refractivity contribution >= 4 is 5.97 Å². The fourth-order valence-corrected chi connectivity index (χ4v) is 2.00. The Hall–Kier alpha value is -2.10. The highest BCUT2D eigenvalue weighted by Gasteiger charge is 2.20. The Bertz CT molecular complexity index is 547. The number of H-pyrrole nitrogens is 1. The van der Waals surface area contributed by atoms with Crippen LogP contribution in [0.5, 0.6) is 0 Å². The molecule has 0 saturated heterocycles. The van der Waals surface area contributed by atoms with E-state index >= 15 is 0 Å². The summed E-state index contributed by atoms with van der Waals surface area (Å²) in [6, 6.07) is 6.02. The minimum Gasteiger partial charge on any atom is -0.481 e. The van der Waals surface area contributed by atoms with Gasteiger partial charge in [-0.3, -0.25) is 4.79 Å². The lowest BCUT2D eigenvalue weighted by atomic mass is 9.92. The fraction of sp³-hybridized carbons (Fsp3) is 0.286. The second kappa shape index (κ2) is 5.04. The van der Waals surface area contributed by atoms with Crippen molar-refractivity contribution in [2.45, 2.75) is 26.2 Å². The van der Waals surface area contributed by atoms with Gasteiger partial charge >= 0.3 is 5.97 Å². The first-order valence-electron chi connectivity index (χ1n) is 5.86. The molecule has 1 atom stereocenters. The van der Waals surface area contributed by atoms with Crippen molar-refractivity contribution in [3.63, 3.8) is 0 Å². The average Bonchev–Trinajstić information content (AvgIpc) is 2.83. The number of benzene rings is 1. The van der Waals surface area contributed by atoms with Crippen LogP contribution in [0.3, 0.4) is 0 Å². The molecule has 0 radical (unpaired) electrons. The van der Waals surface area contributed by atoms with Crippen molar-refractivity contribution < 1.29 is 9.90 Å². The van der Waals surface area contributed by atoms with Crippen LogP contribution in [0.1, 0.15) is 34.9 Å². The summed E-state index contributed by atoms with van der Waals surface area (Å²) in [4.78, 5) is 18.2. The maximum atomic E-state index is 11.0. The van der Waals surface area contributed by atoms with Gasteiger partial charge in [0.1, 0.15) is 5.82 Å². The zero-order chi connectivity index (χ0) is 13.1.